The zero-order valence-electron chi connectivity index (χ0n) is 13.1. The van der Waals surface area contributed by atoms with Crippen molar-refractivity contribution in [2.24, 2.45) is 0 Å². The first kappa shape index (κ1) is 16.7. The lowest BCUT2D eigenvalue weighted by molar-refractivity contribution is -0.103. The highest BCUT2D eigenvalue weighted by Crippen LogP contribution is 2.24. The number of rotatable bonds is 5. The Morgan fingerprint density at radius 3 is 2.80 bits per heavy atom. The molecule has 1 aromatic heterocycles. The van der Waals surface area contributed by atoms with Crippen molar-refractivity contribution in [1.82, 2.24) is 4.98 Å². The number of aldehydes is 1. The first-order chi connectivity index (χ1) is 12.0. The van der Waals surface area contributed by atoms with E-state index >= 15 is 0 Å². The molecule has 1 heterocycles. The second-order valence-corrected chi connectivity index (χ2v) is 5.76. The molecule has 3 aromatic rings. The number of aromatic carboxylic acids is 1. The van der Waals surface area contributed by atoms with Crippen LogP contribution in [0.3, 0.4) is 0 Å². The van der Waals surface area contributed by atoms with Crippen LogP contribution in [0.5, 0.6) is 0 Å². The van der Waals surface area contributed by atoms with Crippen molar-refractivity contribution in [2.45, 2.75) is 6.92 Å². The molecule has 0 aliphatic carbocycles. The molecule has 0 atom stereocenters. The smallest absolute Gasteiger partial charge is 0.335 e. The van der Waals surface area contributed by atoms with Gasteiger partial charge in [-0.1, -0.05) is 17.7 Å². The van der Waals surface area contributed by atoms with E-state index in [1.807, 2.05) is 6.92 Å². The molecule has 0 saturated carbocycles. The minimum Gasteiger partial charge on any atom is -0.478 e. The van der Waals surface area contributed by atoms with Gasteiger partial charge < -0.3 is 14.8 Å². The topological polar surface area (TPSA) is 92.4 Å². The van der Waals surface area contributed by atoms with Crippen LogP contribution in [0, 0.1) is 6.92 Å². The van der Waals surface area contributed by atoms with E-state index in [1.54, 1.807) is 24.3 Å². The highest BCUT2D eigenvalue weighted by Gasteiger charge is 2.11. The molecule has 0 aliphatic rings. The number of aromatic nitrogens is 1. The van der Waals surface area contributed by atoms with Crippen molar-refractivity contribution in [3.05, 3.63) is 64.6 Å². The number of anilines is 1. The number of nitrogens with zero attached hydrogens (tertiary/aromatic N) is 1. The highest BCUT2D eigenvalue weighted by molar-refractivity contribution is 6.31. The maximum Gasteiger partial charge on any atom is 0.335 e. The van der Waals surface area contributed by atoms with E-state index in [-0.39, 0.29) is 17.0 Å². The van der Waals surface area contributed by atoms with Crippen LogP contribution in [0.4, 0.5) is 5.69 Å². The van der Waals surface area contributed by atoms with Gasteiger partial charge in [-0.15, -0.1) is 0 Å². The number of fused-ring (bicyclic) bond motifs is 1. The van der Waals surface area contributed by atoms with Crippen LogP contribution >= 0.6 is 11.6 Å². The predicted molar refractivity (Wildman–Crippen MR) is 94.8 cm³/mol. The van der Waals surface area contributed by atoms with Gasteiger partial charge >= 0.3 is 5.97 Å². The number of benzene rings is 2. The summed E-state index contributed by atoms with van der Waals surface area (Å²) in [6.45, 7) is 1.82. The molecule has 3 rings (SSSR count). The minimum absolute atomic E-state index is 0.144. The van der Waals surface area contributed by atoms with Crippen LogP contribution in [0.2, 0.25) is 5.02 Å². The summed E-state index contributed by atoms with van der Waals surface area (Å²) in [5, 5.41) is 12.5. The third kappa shape index (κ3) is 3.54. The number of carboxylic acids is 1. The number of carbonyl (C=O) groups excluding carboxylic acids is 1. The van der Waals surface area contributed by atoms with E-state index in [2.05, 4.69) is 10.3 Å². The SMILES string of the molecule is Cc1ccc(C(=O)O)cc1N/C=C(\C=O)c1nc2cc(Cl)ccc2o1. The van der Waals surface area contributed by atoms with Crippen LogP contribution in [0.25, 0.3) is 16.7 Å². The molecule has 0 saturated heterocycles. The fourth-order valence-corrected chi connectivity index (χ4v) is 2.40. The number of carbonyl (C=O) groups is 2. The van der Waals surface area contributed by atoms with Gasteiger partial charge in [-0.3, -0.25) is 4.79 Å². The predicted octanol–water partition coefficient (Wildman–Crippen LogP) is 4.14. The number of halogens is 1. The molecule has 0 fully saturated rings. The first-order valence-electron chi connectivity index (χ1n) is 7.30. The van der Waals surface area contributed by atoms with Gasteiger partial charge in [0.15, 0.2) is 11.9 Å². The molecule has 126 valence electrons. The fourth-order valence-electron chi connectivity index (χ4n) is 2.24. The number of hydrogen-bond donors (Lipinski definition) is 2. The first-order valence-corrected chi connectivity index (χ1v) is 7.68. The van der Waals surface area contributed by atoms with Gasteiger partial charge in [-0.25, -0.2) is 9.78 Å². The van der Waals surface area contributed by atoms with Gasteiger partial charge in [0.25, 0.3) is 0 Å². The number of hydrogen-bond acceptors (Lipinski definition) is 5. The lowest BCUT2D eigenvalue weighted by Crippen LogP contribution is -2.00. The lowest BCUT2D eigenvalue weighted by Gasteiger charge is -2.07. The van der Waals surface area contributed by atoms with Gasteiger partial charge in [0, 0.05) is 16.9 Å². The number of carboxylic acid groups (broad SMARTS) is 1. The molecule has 0 radical (unpaired) electrons. The Kier molecular flexibility index (Phi) is 4.54. The standard InChI is InChI=1S/C18H13ClN2O4/c1-10-2-3-11(18(23)24)6-14(10)20-8-12(9-22)17-21-15-7-13(19)4-5-16(15)25-17/h2-9,20H,1H3,(H,23,24)/b12-8+. The summed E-state index contributed by atoms with van der Waals surface area (Å²) in [7, 11) is 0. The number of nitrogens with one attached hydrogen (secondary N) is 1. The largest absolute Gasteiger partial charge is 0.478 e. The molecule has 0 bridgehead atoms. The van der Waals surface area contributed by atoms with Crippen molar-refractivity contribution >= 4 is 46.2 Å². The number of allylic oxidation sites excluding steroid dienone is 1. The molecular weight excluding hydrogens is 344 g/mol. The Hall–Kier alpha value is -3.12. The van der Waals surface area contributed by atoms with Crippen LogP contribution < -0.4 is 5.32 Å². The Morgan fingerprint density at radius 2 is 2.08 bits per heavy atom. The second kappa shape index (κ2) is 6.78. The van der Waals surface area contributed by atoms with E-state index in [0.29, 0.717) is 28.1 Å². The molecule has 2 N–H and O–H groups in total. The lowest BCUT2D eigenvalue weighted by atomic mass is 10.1. The quantitative estimate of drug-likeness (QED) is 0.527. The van der Waals surface area contributed by atoms with Crippen LogP contribution in [0.15, 0.2) is 47.0 Å². The van der Waals surface area contributed by atoms with Crippen LogP contribution in [-0.2, 0) is 4.79 Å². The molecule has 0 unspecified atom stereocenters. The molecular formula is C18H13ClN2O4. The summed E-state index contributed by atoms with van der Waals surface area (Å²) in [6.07, 6.45) is 2.03. The van der Waals surface area contributed by atoms with Crippen molar-refractivity contribution in [3.8, 4) is 0 Å². The van der Waals surface area contributed by atoms with E-state index in [9.17, 15) is 9.59 Å². The number of oxazole rings is 1. The molecule has 25 heavy (non-hydrogen) atoms. The second-order valence-electron chi connectivity index (χ2n) is 5.33. The Balaban J connectivity index is 1.93. The third-order valence-corrected chi connectivity index (χ3v) is 3.83. The normalized spacial score (nSPS) is 11.5. The molecule has 0 amide bonds. The van der Waals surface area contributed by atoms with Gasteiger partial charge in [-0.2, -0.15) is 0 Å². The van der Waals surface area contributed by atoms with Gasteiger partial charge in [0.2, 0.25) is 5.89 Å². The molecule has 0 spiro atoms. The van der Waals surface area contributed by atoms with Gasteiger partial charge in [0.1, 0.15) is 5.52 Å². The van der Waals surface area contributed by atoms with Crippen molar-refractivity contribution in [2.75, 3.05) is 5.32 Å². The Labute approximate surface area is 147 Å². The van der Waals surface area contributed by atoms with E-state index in [0.717, 1.165) is 5.56 Å². The van der Waals surface area contributed by atoms with Gasteiger partial charge in [-0.05, 0) is 42.8 Å². The molecule has 6 nitrogen and oxygen atoms in total. The molecule has 7 heteroatoms. The average Bonchev–Trinajstić information content (AvgIpc) is 2.99. The Morgan fingerprint density at radius 1 is 1.28 bits per heavy atom. The van der Waals surface area contributed by atoms with E-state index < -0.39 is 5.97 Å². The fraction of sp³-hybridized carbons (Fsp3) is 0.0556. The van der Waals surface area contributed by atoms with Gasteiger partial charge in [0.05, 0.1) is 11.1 Å². The van der Waals surface area contributed by atoms with Crippen molar-refractivity contribution in [3.63, 3.8) is 0 Å². The molecule has 2 aromatic carbocycles. The zero-order chi connectivity index (χ0) is 18.0. The summed E-state index contributed by atoms with van der Waals surface area (Å²) in [6, 6.07) is 9.66. The summed E-state index contributed by atoms with van der Waals surface area (Å²) < 4.78 is 5.55. The summed E-state index contributed by atoms with van der Waals surface area (Å²) in [5.74, 6) is -0.884. The highest BCUT2D eigenvalue weighted by atomic mass is 35.5. The third-order valence-electron chi connectivity index (χ3n) is 3.59. The van der Waals surface area contributed by atoms with Crippen LogP contribution in [0.1, 0.15) is 21.8 Å². The maximum atomic E-state index is 11.4. The summed E-state index contributed by atoms with van der Waals surface area (Å²) in [4.78, 5) is 26.7. The van der Waals surface area contributed by atoms with E-state index in [1.165, 1.54) is 18.3 Å². The van der Waals surface area contributed by atoms with E-state index in [4.69, 9.17) is 21.1 Å². The zero-order valence-corrected chi connectivity index (χ0v) is 13.9. The Bertz CT molecular complexity index is 1010. The monoisotopic (exact) mass is 356 g/mol. The number of aryl methyl sites for hydroxylation is 1. The van der Waals surface area contributed by atoms with Crippen LogP contribution in [-0.4, -0.2) is 22.3 Å². The minimum atomic E-state index is -1.03. The van der Waals surface area contributed by atoms with Crippen molar-refractivity contribution in [1.29, 1.82) is 0 Å². The summed E-state index contributed by atoms with van der Waals surface area (Å²) in [5.41, 5.74) is 2.78. The summed E-state index contributed by atoms with van der Waals surface area (Å²) >= 11 is 5.91. The average molecular weight is 357 g/mol. The maximum absolute atomic E-state index is 11.4. The van der Waals surface area contributed by atoms with Crippen molar-refractivity contribution < 1.29 is 19.1 Å². The molecule has 0 aliphatic heterocycles.